The third kappa shape index (κ3) is 2.53. The van der Waals surface area contributed by atoms with Crippen LogP contribution in [0.2, 0.25) is 0 Å². The lowest BCUT2D eigenvalue weighted by molar-refractivity contribution is 0.00863. The second-order valence-electron chi connectivity index (χ2n) is 5.14. The number of nitrogens with zero attached hydrogens (tertiary/aromatic N) is 2. The Morgan fingerprint density at radius 3 is 3.06 bits per heavy atom. The van der Waals surface area contributed by atoms with Gasteiger partial charge in [0.05, 0.1) is 12.4 Å². The van der Waals surface area contributed by atoms with E-state index in [1.165, 1.54) is 25.0 Å². The van der Waals surface area contributed by atoms with Gasteiger partial charge in [-0.05, 0) is 25.7 Å². The summed E-state index contributed by atoms with van der Waals surface area (Å²) in [6, 6.07) is 0. The Morgan fingerprint density at radius 2 is 2.35 bits per heavy atom. The van der Waals surface area contributed by atoms with Crippen LogP contribution in [0.25, 0.3) is 0 Å². The van der Waals surface area contributed by atoms with E-state index in [2.05, 4.69) is 14.9 Å². The molecule has 2 aliphatic heterocycles. The predicted molar refractivity (Wildman–Crippen MR) is 66.0 cm³/mol. The number of imidazole rings is 1. The van der Waals surface area contributed by atoms with Gasteiger partial charge < -0.3 is 14.6 Å². The van der Waals surface area contributed by atoms with Crippen molar-refractivity contribution in [1.82, 2.24) is 14.9 Å². The second-order valence-corrected chi connectivity index (χ2v) is 5.14. The van der Waals surface area contributed by atoms with Crippen molar-refractivity contribution in [3.05, 3.63) is 18.2 Å². The summed E-state index contributed by atoms with van der Waals surface area (Å²) in [5.41, 5.74) is 1.39. The van der Waals surface area contributed by atoms with E-state index >= 15 is 0 Å². The summed E-state index contributed by atoms with van der Waals surface area (Å²) in [6.45, 7) is 4.21. The molecular formula is C13H21N3O. The topological polar surface area (TPSA) is 39.1 Å². The maximum Gasteiger partial charge on any atom is 0.0948 e. The molecule has 1 N–H and O–H groups in total. The maximum absolute atomic E-state index is 5.77. The van der Waals surface area contributed by atoms with Gasteiger partial charge in [0.25, 0.3) is 0 Å². The molecule has 94 valence electrons. The fraction of sp³-hybridized carbons (Fsp3) is 0.769. The quantitative estimate of drug-likeness (QED) is 0.860. The van der Waals surface area contributed by atoms with Crippen molar-refractivity contribution in [3.8, 4) is 0 Å². The maximum atomic E-state index is 5.77. The van der Waals surface area contributed by atoms with Crippen molar-refractivity contribution in [1.29, 1.82) is 0 Å². The molecule has 0 aromatic carbocycles. The largest absolute Gasteiger partial charge is 0.378 e. The molecule has 2 aliphatic rings. The van der Waals surface area contributed by atoms with E-state index in [-0.39, 0.29) is 0 Å². The van der Waals surface area contributed by atoms with Gasteiger partial charge in [-0.25, -0.2) is 4.98 Å². The average molecular weight is 235 g/mol. The molecule has 0 bridgehead atoms. The summed E-state index contributed by atoms with van der Waals surface area (Å²) in [5, 5.41) is 3.32. The minimum Gasteiger partial charge on any atom is -0.378 e. The highest BCUT2D eigenvalue weighted by Crippen LogP contribution is 2.21. The first kappa shape index (κ1) is 11.2. The second kappa shape index (κ2) is 5.19. The first-order chi connectivity index (χ1) is 8.43. The molecule has 2 fully saturated rings. The summed E-state index contributed by atoms with van der Waals surface area (Å²) in [7, 11) is 0. The summed E-state index contributed by atoms with van der Waals surface area (Å²) < 4.78 is 8.08. The fourth-order valence-electron chi connectivity index (χ4n) is 2.67. The molecule has 3 rings (SSSR count). The summed E-state index contributed by atoms with van der Waals surface area (Å²) in [6.07, 6.45) is 9.38. The number of nitrogens with one attached hydrogen (secondary N) is 1. The Labute approximate surface area is 102 Å². The number of ether oxygens (including phenoxy) is 1. The Bertz CT molecular complexity index is 353. The molecule has 0 saturated carbocycles. The van der Waals surface area contributed by atoms with Crippen molar-refractivity contribution in [2.45, 2.75) is 44.2 Å². The number of aryl methyl sites for hydroxylation is 1. The van der Waals surface area contributed by atoms with Gasteiger partial charge in [-0.3, -0.25) is 0 Å². The van der Waals surface area contributed by atoms with E-state index in [4.69, 9.17) is 4.74 Å². The molecule has 0 spiro atoms. The van der Waals surface area contributed by atoms with Crippen LogP contribution in [0.5, 0.6) is 0 Å². The number of aromatic nitrogens is 2. The van der Waals surface area contributed by atoms with Gasteiger partial charge in [0, 0.05) is 44.0 Å². The normalized spacial score (nSPS) is 25.8. The summed E-state index contributed by atoms with van der Waals surface area (Å²) >= 11 is 0. The van der Waals surface area contributed by atoms with E-state index in [9.17, 15) is 0 Å². The average Bonchev–Trinajstić information content (AvgIpc) is 2.74. The predicted octanol–water partition coefficient (Wildman–Crippen LogP) is 1.53. The molecule has 4 nitrogen and oxygen atoms in total. The SMILES string of the molecule is c1ncn(CCC2CCCCO2)c1C1CNC1. The Balaban J connectivity index is 1.55. The Hall–Kier alpha value is -0.870. The highest BCUT2D eigenvalue weighted by atomic mass is 16.5. The number of rotatable bonds is 4. The van der Waals surface area contributed by atoms with Crippen LogP contribution in [-0.2, 0) is 11.3 Å². The van der Waals surface area contributed by atoms with E-state index in [1.807, 2.05) is 12.5 Å². The Kier molecular flexibility index (Phi) is 3.43. The Morgan fingerprint density at radius 1 is 1.41 bits per heavy atom. The highest BCUT2D eigenvalue weighted by molar-refractivity contribution is 5.11. The van der Waals surface area contributed by atoms with Gasteiger partial charge >= 0.3 is 0 Å². The monoisotopic (exact) mass is 235 g/mol. The van der Waals surface area contributed by atoms with Gasteiger partial charge in [0.15, 0.2) is 0 Å². The van der Waals surface area contributed by atoms with Crippen LogP contribution >= 0.6 is 0 Å². The molecule has 1 aromatic heterocycles. The molecule has 2 saturated heterocycles. The smallest absolute Gasteiger partial charge is 0.0948 e. The van der Waals surface area contributed by atoms with E-state index in [1.54, 1.807) is 0 Å². The van der Waals surface area contributed by atoms with E-state index < -0.39 is 0 Å². The van der Waals surface area contributed by atoms with Gasteiger partial charge in [0.1, 0.15) is 0 Å². The summed E-state index contributed by atoms with van der Waals surface area (Å²) in [5.74, 6) is 0.671. The van der Waals surface area contributed by atoms with Crippen LogP contribution in [-0.4, -0.2) is 35.4 Å². The van der Waals surface area contributed by atoms with Crippen LogP contribution in [0.3, 0.4) is 0 Å². The van der Waals surface area contributed by atoms with Gasteiger partial charge in [-0.15, -0.1) is 0 Å². The lowest BCUT2D eigenvalue weighted by Crippen LogP contribution is -2.41. The zero-order chi connectivity index (χ0) is 11.5. The minimum atomic E-state index is 0.471. The third-order valence-corrected chi connectivity index (χ3v) is 3.91. The van der Waals surface area contributed by atoms with Crippen LogP contribution in [0.4, 0.5) is 0 Å². The van der Waals surface area contributed by atoms with Crippen LogP contribution in [0.1, 0.15) is 37.3 Å². The molecule has 0 amide bonds. The first-order valence-electron chi connectivity index (χ1n) is 6.76. The number of hydrogen-bond acceptors (Lipinski definition) is 3. The van der Waals surface area contributed by atoms with Crippen molar-refractivity contribution >= 4 is 0 Å². The summed E-state index contributed by atoms with van der Waals surface area (Å²) in [4.78, 5) is 4.28. The fourth-order valence-corrected chi connectivity index (χ4v) is 2.67. The molecule has 1 unspecified atom stereocenters. The molecule has 3 heterocycles. The van der Waals surface area contributed by atoms with Crippen molar-refractivity contribution in [2.24, 2.45) is 0 Å². The lowest BCUT2D eigenvalue weighted by Gasteiger charge is -2.28. The van der Waals surface area contributed by atoms with Crippen molar-refractivity contribution < 1.29 is 4.74 Å². The molecule has 1 aromatic rings. The van der Waals surface area contributed by atoms with E-state index in [0.29, 0.717) is 12.0 Å². The first-order valence-corrected chi connectivity index (χ1v) is 6.76. The van der Waals surface area contributed by atoms with Crippen LogP contribution in [0.15, 0.2) is 12.5 Å². The molecule has 4 heteroatoms. The molecular weight excluding hydrogens is 214 g/mol. The molecule has 17 heavy (non-hydrogen) atoms. The highest BCUT2D eigenvalue weighted by Gasteiger charge is 2.22. The van der Waals surface area contributed by atoms with Crippen LogP contribution < -0.4 is 5.32 Å². The van der Waals surface area contributed by atoms with E-state index in [0.717, 1.165) is 32.7 Å². The third-order valence-electron chi connectivity index (χ3n) is 3.91. The number of hydrogen-bond donors (Lipinski definition) is 1. The van der Waals surface area contributed by atoms with Crippen LogP contribution in [0, 0.1) is 0 Å². The molecule has 0 radical (unpaired) electrons. The lowest BCUT2D eigenvalue weighted by atomic mass is 9.99. The standard InChI is InChI=1S/C13H21N3O/c1-2-6-17-12(3-1)4-5-16-10-15-9-13(16)11-7-14-8-11/h9-12,14H,1-8H2. The van der Waals surface area contributed by atoms with Crippen molar-refractivity contribution in [3.63, 3.8) is 0 Å². The van der Waals surface area contributed by atoms with Gasteiger partial charge in [0.2, 0.25) is 0 Å². The molecule has 1 atom stereocenters. The van der Waals surface area contributed by atoms with Gasteiger partial charge in [-0.1, -0.05) is 0 Å². The van der Waals surface area contributed by atoms with Crippen molar-refractivity contribution in [2.75, 3.05) is 19.7 Å². The minimum absolute atomic E-state index is 0.471. The molecule has 0 aliphatic carbocycles. The van der Waals surface area contributed by atoms with Gasteiger partial charge in [-0.2, -0.15) is 0 Å². The zero-order valence-electron chi connectivity index (χ0n) is 10.3. The zero-order valence-corrected chi connectivity index (χ0v) is 10.3.